The molecule has 5 heteroatoms. The van der Waals surface area contributed by atoms with E-state index in [-0.39, 0.29) is 5.75 Å². The zero-order chi connectivity index (χ0) is 15.4. The zero-order valence-corrected chi connectivity index (χ0v) is 12.1. The van der Waals surface area contributed by atoms with Crippen LogP contribution in [0.15, 0.2) is 36.4 Å². The Morgan fingerprint density at radius 1 is 0.952 bits per heavy atom. The molecule has 0 saturated heterocycles. The predicted molar refractivity (Wildman–Crippen MR) is 76.7 cm³/mol. The van der Waals surface area contributed by atoms with Crippen molar-refractivity contribution in [2.24, 2.45) is 0 Å². The highest BCUT2D eigenvalue weighted by molar-refractivity contribution is 5.44. The maximum atomic E-state index is 14.0. The molecular formula is C16H17FO4. The van der Waals surface area contributed by atoms with Crippen molar-refractivity contribution in [1.82, 2.24) is 0 Å². The Morgan fingerprint density at radius 3 is 2.00 bits per heavy atom. The van der Waals surface area contributed by atoms with Gasteiger partial charge in [-0.1, -0.05) is 6.07 Å². The number of hydrogen-bond acceptors (Lipinski definition) is 4. The standard InChI is InChI=1S/C16H17FO4/c1-10(18)11-4-5-16(15(17)6-11)21-14-8-12(19-2)7-13(9-14)20-3/h4-10,18H,1-3H3. The van der Waals surface area contributed by atoms with Gasteiger partial charge in [0.2, 0.25) is 0 Å². The average Bonchev–Trinajstić information content (AvgIpc) is 2.48. The minimum atomic E-state index is -0.731. The third-order valence-corrected chi connectivity index (χ3v) is 2.99. The quantitative estimate of drug-likeness (QED) is 0.913. The molecule has 0 saturated carbocycles. The first kappa shape index (κ1) is 15.1. The Labute approximate surface area is 122 Å². The van der Waals surface area contributed by atoms with Crippen molar-refractivity contribution >= 4 is 0 Å². The van der Waals surface area contributed by atoms with Crippen molar-refractivity contribution in [3.8, 4) is 23.0 Å². The minimum absolute atomic E-state index is 0.0645. The van der Waals surface area contributed by atoms with Crippen LogP contribution >= 0.6 is 0 Å². The Morgan fingerprint density at radius 2 is 1.52 bits per heavy atom. The van der Waals surface area contributed by atoms with E-state index in [1.807, 2.05) is 0 Å². The highest BCUT2D eigenvalue weighted by atomic mass is 19.1. The van der Waals surface area contributed by atoms with Crippen molar-refractivity contribution in [1.29, 1.82) is 0 Å². The first-order chi connectivity index (χ1) is 10.0. The summed E-state index contributed by atoms with van der Waals surface area (Å²) in [6, 6.07) is 9.29. The molecule has 21 heavy (non-hydrogen) atoms. The highest BCUT2D eigenvalue weighted by Crippen LogP contribution is 2.32. The molecule has 0 radical (unpaired) electrons. The third-order valence-electron chi connectivity index (χ3n) is 2.99. The lowest BCUT2D eigenvalue weighted by Gasteiger charge is -2.12. The first-order valence-electron chi connectivity index (χ1n) is 6.42. The van der Waals surface area contributed by atoms with Gasteiger partial charge in [-0.25, -0.2) is 4.39 Å². The maximum absolute atomic E-state index is 14.0. The van der Waals surface area contributed by atoms with E-state index < -0.39 is 11.9 Å². The molecule has 0 aliphatic rings. The fourth-order valence-electron chi connectivity index (χ4n) is 1.83. The van der Waals surface area contributed by atoms with Crippen LogP contribution in [0.3, 0.4) is 0 Å². The maximum Gasteiger partial charge on any atom is 0.166 e. The van der Waals surface area contributed by atoms with Crippen molar-refractivity contribution in [3.05, 3.63) is 47.8 Å². The summed E-state index contributed by atoms with van der Waals surface area (Å²) in [5, 5.41) is 9.42. The number of rotatable bonds is 5. The van der Waals surface area contributed by atoms with Crippen LogP contribution in [-0.4, -0.2) is 19.3 Å². The normalized spacial score (nSPS) is 11.9. The molecular weight excluding hydrogens is 275 g/mol. The number of hydrogen-bond donors (Lipinski definition) is 1. The molecule has 0 spiro atoms. The molecule has 112 valence electrons. The molecule has 0 heterocycles. The number of aliphatic hydroxyl groups is 1. The fourth-order valence-corrected chi connectivity index (χ4v) is 1.83. The van der Waals surface area contributed by atoms with Gasteiger partial charge >= 0.3 is 0 Å². The first-order valence-corrected chi connectivity index (χ1v) is 6.42. The minimum Gasteiger partial charge on any atom is -0.496 e. The molecule has 0 amide bonds. The summed E-state index contributed by atoms with van der Waals surface area (Å²) in [5.74, 6) is 1.01. The number of ether oxygens (including phenoxy) is 3. The summed E-state index contributed by atoms with van der Waals surface area (Å²) in [4.78, 5) is 0. The lowest BCUT2D eigenvalue weighted by atomic mass is 10.1. The number of methoxy groups -OCH3 is 2. The van der Waals surface area contributed by atoms with Crippen LogP contribution in [0.4, 0.5) is 4.39 Å². The highest BCUT2D eigenvalue weighted by Gasteiger charge is 2.10. The smallest absolute Gasteiger partial charge is 0.166 e. The predicted octanol–water partition coefficient (Wildman–Crippen LogP) is 3.69. The van der Waals surface area contributed by atoms with Gasteiger partial charge in [0.25, 0.3) is 0 Å². The zero-order valence-electron chi connectivity index (χ0n) is 12.1. The van der Waals surface area contributed by atoms with Crippen LogP contribution in [0.1, 0.15) is 18.6 Å². The largest absolute Gasteiger partial charge is 0.496 e. The third kappa shape index (κ3) is 3.64. The number of benzene rings is 2. The van der Waals surface area contributed by atoms with Crippen LogP contribution in [-0.2, 0) is 0 Å². The van der Waals surface area contributed by atoms with Crippen molar-refractivity contribution in [3.63, 3.8) is 0 Å². The average molecular weight is 292 g/mol. The molecule has 1 atom stereocenters. The van der Waals surface area contributed by atoms with E-state index in [0.29, 0.717) is 22.8 Å². The molecule has 1 N–H and O–H groups in total. The SMILES string of the molecule is COc1cc(OC)cc(Oc2ccc(C(C)O)cc2F)c1. The van der Waals surface area contributed by atoms with E-state index in [4.69, 9.17) is 14.2 Å². The molecule has 2 aromatic carbocycles. The van der Waals surface area contributed by atoms with E-state index in [1.165, 1.54) is 26.4 Å². The summed E-state index contributed by atoms with van der Waals surface area (Å²) >= 11 is 0. The van der Waals surface area contributed by atoms with Gasteiger partial charge in [-0.2, -0.15) is 0 Å². The van der Waals surface area contributed by atoms with Crippen LogP contribution < -0.4 is 14.2 Å². The topological polar surface area (TPSA) is 47.9 Å². The van der Waals surface area contributed by atoms with Gasteiger partial charge < -0.3 is 19.3 Å². The molecule has 0 aliphatic heterocycles. The lowest BCUT2D eigenvalue weighted by molar-refractivity contribution is 0.198. The molecule has 0 fully saturated rings. The number of aliphatic hydroxyl groups excluding tert-OH is 1. The molecule has 4 nitrogen and oxygen atoms in total. The summed E-state index contributed by atoms with van der Waals surface area (Å²) in [5.41, 5.74) is 0.489. The Balaban J connectivity index is 2.29. The summed E-state index contributed by atoms with van der Waals surface area (Å²) in [7, 11) is 3.05. The van der Waals surface area contributed by atoms with Gasteiger partial charge in [0, 0.05) is 18.2 Å². The second kappa shape index (κ2) is 6.45. The molecule has 0 bridgehead atoms. The van der Waals surface area contributed by atoms with Crippen LogP contribution in [0.5, 0.6) is 23.0 Å². The van der Waals surface area contributed by atoms with Crippen molar-refractivity contribution in [2.75, 3.05) is 14.2 Å². The monoisotopic (exact) mass is 292 g/mol. The summed E-state index contributed by atoms with van der Waals surface area (Å²) in [6.45, 7) is 1.57. The summed E-state index contributed by atoms with van der Waals surface area (Å²) < 4.78 is 29.7. The Hall–Kier alpha value is -2.27. The van der Waals surface area contributed by atoms with Gasteiger partial charge in [-0.05, 0) is 24.6 Å². The van der Waals surface area contributed by atoms with Crippen LogP contribution in [0, 0.1) is 5.82 Å². The van der Waals surface area contributed by atoms with Crippen molar-refractivity contribution < 1.29 is 23.7 Å². The van der Waals surface area contributed by atoms with Crippen LogP contribution in [0.25, 0.3) is 0 Å². The lowest BCUT2D eigenvalue weighted by Crippen LogP contribution is -1.95. The van der Waals surface area contributed by atoms with E-state index in [2.05, 4.69) is 0 Å². The van der Waals surface area contributed by atoms with Gasteiger partial charge in [0.15, 0.2) is 11.6 Å². The van der Waals surface area contributed by atoms with Gasteiger partial charge in [-0.3, -0.25) is 0 Å². The fraction of sp³-hybridized carbons (Fsp3) is 0.250. The molecule has 2 rings (SSSR count). The van der Waals surface area contributed by atoms with Gasteiger partial charge in [0.05, 0.1) is 20.3 Å². The Bertz CT molecular complexity index is 603. The Kier molecular flexibility index (Phi) is 4.65. The molecule has 0 aliphatic carbocycles. The summed E-state index contributed by atoms with van der Waals surface area (Å²) in [6.07, 6.45) is -0.731. The van der Waals surface area contributed by atoms with E-state index >= 15 is 0 Å². The van der Waals surface area contributed by atoms with Crippen LogP contribution in [0.2, 0.25) is 0 Å². The van der Waals surface area contributed by atoms with Gasteiger partial charge in [-0.15, -0.1) is 0 Å². The molecule has 1 unspecified atom stereocenters. The number of halogens is 1. The van der Waals surface area contributed by atoms with Crippen molar-refractivity contribution in [2.45, 2.75) is 13.0 Å². The van der Waals surface area contributed by atoms with Gasteiger partial charge in [0.1, 0.15) is 17.2 Å². The molecule has 0 aromatic heterocycles. The van der Waals surface area contributed by atoms with E-state index in [1.54, 1.807) is 31.2 Å². The second-order valence-electron chi connectivity index (χ2n) is 4.52. The second-order valence-corrected chi connectivity index (χ2v) is 4.52. The molecule has 2 aromatic rings. The van der Waals surface area contributed by atoms with E-state index in [9.17, 15) is 9.50 Å². The van der Waals surface area contributed by atoms with E-state index in [0.717, 1.165) is 0 Å².